The van der Waals surface area contributed by atoms with E-state index in [2.05, 4.69) is 5.32 Å². The standard InChI is InChI=1S/C9H9NO2.C2H6/c1-6-3-2-4-7-9(6)10-8(11)5-12-7;1-2/h2-4H,5H2,1H3,(H,10,11);1-2H3. The monoisotopic (exact) mass is 193 g/mol. The summed E-state index contributed by atoms with van der Waals surface area (Å²) in [6.07, 6.45) is 0. The highest BCUT2D eigenvalue weighted by molar-refractivity contribution is 5.96. The molecule has 2 rings (SSSR count). The van der Waals surface area contributed by atoms with Gasteiger partial charge in [-0.15, -0.1) is 0 Å². The first-order valence-electron chi connectivity index (χ1n) is 4.79. The molecule has 0 bridgehead atoms. The van der Waals surface area contributed by atoms with Gasteiger partial charge in [-0.05, 0) is 18.6 Å². The Morgan fingerprint density at radius 1 is 1.36 bits per heavy atom. The van der Waals surface area contributed by atoms with Gasteiger partial charge in [0.25, 0.3) is 5.91 Å². The second-order valence-corrected chi connectivity index (χ2v) is 2.78. The molecule has 0 aliphatic carbocycles. The van der Waals surface area contributed by atoms with Crippen LogP contribution in [0.3, 0.4) is 0 Å². The van der Waals surface area contributed by atoms with Crippen molar-refractivity contribution >= 4 is 11.6 Å². The number of benzene rings is 1. The average Bonchev–Trinajstić information content (AvgIpc) is 2.22. The molecule has 0 atom stereocenters. The number of ether oxygens (including phenoxy) is 1. The lowest BCUT2D eigenvalue weighted by molar-refractivity contribution is -0.118. The number of rotatable bonds is 0. The zero-order valence-corrected chi connectivity index (χ0v) is 8.76. The molecule has 0 saturated carbocycles. The highest BCUT2D eigenvalue weighted by Crippen LogP contribution is 2.29. The molecule has 0 fully saturated rings. The van der Waals surface area contributed by atoms with Crippen molar-refractivity contribution in [3.05, 3.63) is 23.8 Å². The van der Waals surface area contributed by atoms with Crippen molar-refractivity contribution in [3.8, 4) is 5.75 Å². The Morgan fingerprint density at radius 2 is 2.07 bits per heavy atom. The second kappa shape index (κ2) is 4.65. The van der Waals surface area contributed by atoms with Crippen LogP contribution in [0.2, 0.25) is 0 Å². The van der Waals surface area contributed by atoms with E-state index in [1.807, 2.05) is 39.0 Å². The summed E-state index contributed by atoms with van der Waals surface area (Å²) in [7, 11) is 0. The fourth-order valence-corrected chi connectivity index (χ4v) is 1.24. The van der Waals surface area contributed by atoms with E-state index in [1.165, 1.54) is 0 Å². The Hall–Kier alpha value is -1.51. The number of amides is 1. The number of carbonyl (C=O) groups is 1. The molecule has 14 heavy (non-hydrogen) atoms. The summed E-state index contributed by atoms with van der Waals surface area (Å²) >= 11 is 0. The van der Waals surface area contributed by atoms with Crippen LogP contribution in [0, 0.1) is 6.92 Å². The second-order valence-electron chi connectivity index (χ2n) is 2.78. The first-order valence-corrected chi connectivity index (χ1v) is 4.79. The number of aryl methyl sites for hydroxylation is 1. The molecule has 1 amide bonds. The van der Waals surface area contributed by atoms with Gasteiger partial charge >= 0.3 is 0 Å². The molecule has 0 unspecified atom stereocenters. The number of fused-ring (bicyclic) bond motifs is 1. The smallest absolute Gasteiger partial charge is 0.262 e. The fraction of sp³-hybridized carbons (Fsp3) is 0.364. The third-order valence-corrected chi connectivity index (χ3v) is 1.86. The maximum absolute atomic E-state index is 10.9. The maximum atomic E-state index is 10.9. The quantitative estimate of drug-likeness (QED) is 0.686. The minimum absolute atomic E-state index is 0.0863. The molecule has 1 aliphatic rings. The van der Waals surface area contributed by atoms with Crippen molar-refractivity contribution in [3.63, 3.8) is 0 Å². The molecule has 3 heteroatoms. The topological polar surface area (TPSA) is 38.3 Å². The van der Waals surface area contributed by atoms with Crippen LogP contribution in [0.15, 0.2) is 18.2 Å². The van der Waals surface area contributed by atoms with Gasteiger partial charge in [-0.25, -0.2) is 0 Å². The SMILES string of the molecule is CC.Cc1cccc2c1NC(=O)CO2. The van der Waals surface area contributed by atoms with E-state index in [9.17, 15) is 4.79 Å². The summed E-state index contributed by atoms with van der Waals surface area (Å²) in [5.41, 5.74) is 1.83. The number of hydrogen-bond donors (Lipinski definition) is 1. The molecule has 1 aliphatic heterocycles. The van der Waals surface area contributed by atoms with Gasteiger partial charge in [-0.3, -0.25) is 4.79 Å². The van der Waals surface area contributed by atoms with Gasteiger partial charge in [-0.2, -0.15) is 0 Å². The van der Waals surface area contributed by atoms with E-state index in [4.69, 9.17) is 4.74 Å². The Bertz CT molecular complexity index is 334. The Labute approximate surface area is 84.1 Å². The summed E-state index contributed by atoms with van der Waals surface area (Å²) in [4.78, 5) is 10.9. The fourth-order valence-electron chi connectivity index (χ4n) is 1.24. The van der Waals surface area contributed by atoms with Gasteiger partial charge in [0.1, 0.15) is 5.75 Å². The number of nitrogens with one attached hydrogen (secondary N) is 1. The van der Waals surface area contributed by atoms with E-state index >= 15 is 0 Å². The van der Waals surface area contributed by atoms with E-state index in [0.717, 1.165) is 17.0 Å². The van der Waals surface area contributed by atoms with Crippen molar-refractivity contribution in [2.75, 3.05) is 11.9 Å². The van der Waals surface area contributed by atoms with E-state index in [-0.39, 0.29) is 12.5 Å². The third kappa shape index (κ3) is 2.05. The molecule has 0 saturated heterocycles. The highest BCUT2D eigenvalue weighted by Gasteiger charge is 2.16. The molecule has 1 aromatic carbocycles. The molecule has 1 N–H and O–H groups in total. The molecule has 0 aromatic heterocycles. The van der Waals surface area contributed by atoms with Crippen molar-refractivity contribution in [1.82, 2.24) is 0 Å². The van der Waals surface area contributed by atoms with Gasteiger partial charge in [0.05, 0.1) is 5.69 Å². The van der Waals surface area contributed by atoms with Crippen LogP contribution in [-0.2, 0) is 4.79 Å². The Balaban J connectivity index is 0.000000461. The van der Waals surface area contributed by atoms with Crippen LogP contribution in [0.25, 0.3) is 0 Å². The molecule has 3 nitrogen and oxygen atoms in total. The average molecular weight is 193 g/mol. The van der Waals surface area contributed by atoms with Gasteiger partial charge in [0.2, 0.25) is 0 Å². The van der Waals surface area contributed by atoms with Crippen molar-refractivity contribution < 1.29 is 9.53 Å². The zero-order valence-electron chi connectivity index (χ0n) is 8.76. The van der Waals surface area contributed by atoms with E-state index < -0.39 is 0 Å². The first-order chi connectivity index (χ1) is 6.77. The Kier molecular flexibility index (Phi) is 3.51. The minimum atomic E-state index is -0.0863. The van der Waals surface area contributed by atoms with Gasteiger partial charge in [0, 0.05) is 0 Å². The number of anilines is 1. The summed E-state index contributed by atoms with van der Waals surface area (Å²) in [5, 5.41) is 2.76. The van der Waals surface area contributed by atoms with Crippen LogP contribution >= 0.6 is 0 Å². The van der Waals surface area contributed by atoms with Crippen molar-refractivity contribution in [2.24, 2.45) is 0 Å². The third-order valence-electron chi connectivity index (χ3n) is 1.86. The van der Waals surface area contributed by atoms with Crippen LogP contribution in [0.5, 0.6) is 5.75 Å². The normalized spacial score (nSPS) is 12.9. The number of hydrogen-bond acceptors (Lipinski definition) is 2. The van der Waals surface area contributed by atoms with Gasteiger partial charge in [0.15, 0.2) is 6.61 Å². The number of para-hydroxylation sites is 1. The van der Waals surface area contributed by atoms with Crippen molar-refractivity contribution in [2.45, 2.75) is 20.8 Å². The minimum Gasteiger partial charge on any atom is -0.482 e. The first kappa shape index (κ1) is 10.6. The number of carbonyl (C=O) groups excluding carboxylic acids is 1. The molecular formula is C11H15NO2. The zero-order chi connectivity index (χ0) is 10.6. The Morgan fingerprint density at radius 3 is 2.79 bits per heavy atom. The maximum Gasteiger partial charge on any atom is 0.262 e. The predicted molar refractivity (Wildman–Crippen MR) is 56.7 cm³/mol. The molecule has 0 spiro atoms. The lowest BCUT2D eigenvalue weighted by Crippen LogP contribution is -2.25. The van der Waals surface area contributed by atoms with Crippen LogP contribution in [0.4, 0.5) is 5.69 Å². The van der Waals surface area contributed by atoms with Crippen molar-refractivity contribution in [1.29, 1.82) is 0 Å². The summed E-state index contributed by atoms with van der Waals surface area (Å²) in [5.74, 6) is 0.673. The van der Waals surface area contributed by atoms with Gasteiger partial charge in [-0.1, -0.05) is 26.0 Å². The highest BCUT2D eigenvalue weighted by atomic mass is 16.5. The molecular weight excluding hydrogens is 178 g/mol. The summed E-state index contributed by atoms with van der Waals surface area (Å²) in [6, 6.07) is 5.70. The largest absolute Gasteiger partial charge is 0.482 e. The van der Waals surface area contributed by atoms with Crippen LogP contribution < -0.4 is 10.1 Å². The molecule has 1 aromatic rings. The lowest BCUT2D eigenvalue weighted by Gasteiger charge is -2.19. The molecule has 76 valence electrons. The molecule has 0 radical (unpaired) electrons. The van der Waals surface area contributed by atoms with Crippen LogP contribution in [0.1, 0.15) is 19.4 Å². The van der Waals surface area contributed by atoms with Crippen LogP contribution in [-0.4, -0.2) is 12.5 Å². The lowest BCUT2D eigenvalue weighted by atomic mass is 10.1. The predicted octanol–water partition coefficient (Wildman–Crippen LogP) is 2.35. The summed E-state index contributed by atoms with van der Waals surface area (Å²) in [6.45, 7) is 6.06. The van der Waals surface area contributed by atoms with Gasteiger partial charge < -0.3 is 10.1 Å². The van der Waals surface area contributed by atoms with E-state index in [1.54, 1.807) is 0 Å². The van der Waals surface area contributed by atoms with E-state index in [0.29, 0.717) is 0 Å². The summed E-state index contributed by atoms with van der Waals surface area (Å²) < 4.78 is 5.20. The molecule has 1 heterocycles.